The Balaban J connectivity index is 1.37. The molecule has 0 unspecified atom stereocenters. The number of benzene rings is 2. The predicted octanol–water partition coefficient (Wildman–Crippen LogP) is 2.54. The van der Waals surface area contributed by atoms with Gasteiger partial charge in [-0.05, 0) is 49.2 Å². The molecule has 2 amide bonds. The normalized spacial score (nSPS) is 17.1. The van der Waals surface area contributed by atoms with E-state index < -0.39 is 6.10 Å². The molecule has 2 aromatic carbocycles. The molecule has 2 aliphatic rings. The maximum Gasteiger partial charge on any atom is 0.267 e. The molecule has 0 radical (unpaired) electrons. The van der Waals surface area contributed by atoms with Crippen LogP contribution in [0.5, 0.6) is 17.2 Å². The summed E-state index contributed by atoms with van der Waals surface area (Å²) < 4.78 is 16.3. The van der Waals surface area contributed by atoms with E-state index >= 15 is 0 Å². The molecule has 28 heavy (non-hydrogen) atoms. The molecule has 1 atom stereocenters. The van der Waals surface area contributed by atoms with E-state index in [2.05, 4.69) is 5.32 Å². The maximum atomic E-state index is 12.5. The number of fused-ring (bicyclic) bond motifs is 2. The lowest BCUT2D eigenvalue weighted by Gasteiger charge is -2.33. The van der Waals surface area contributed by atoms with Gasteiger partial charge in [-0.3, -0.25) is 9.59 Å². The van der Waals surface area contributed by atoms with E-state index in [-0.39, 0.29) is 25.0 Å². The van der Waals surface area contributed by atoms with E-state index in [0.717, 1.165) is 11.1 Å². The Morgan fingerprint density at radius 2 is 1.93 bits per heavy atom. The molecule has 7 nitrogen and oxygen atoms in total. The molecule has 146 valence electrons. The molecule has 2 aromatic rings. The van der Waals surface area contributed by atoms with Crippen molar-refractivity contribution in [2.75, 3.05) is 18.2 Å². The van der Waals surface area contributed by atoms with Crippen molar-refractivity contribution >= 4 is 17.5 Å². The van der Waals surface area contributed by atoms with Crippen LogP contribution in [-0.4, -0.2) is 31.3 Å². The number of rotatable bonds is 5. The van der Waals surface area contributed by atoms with E-state index in [4.69, 9.17) is 14.2 Å². The van der Waals surface area contributed by atoms with Crippen molar-refractivity contribution in [2.45, 2.75) is 32.9 Å². The minimum Gasteiger partial charge on any atom is -0.479 e. The summed E-state index contributed by atoms with van der Waals surface area (Å²) in [5, 5.41) is 2.89. The second-order valence-electron chi connectivity index (χ2n) is 6.94. The lowest BCUT2D eigenvalue weighted by Crippen LogP contribution is -2.45. The van der Waals surface area contributed by atoms with E-state index in [0.29, 0.717) is 36.0 Å². The highest BCUT2D eigenvalue weighted by molar-refractivity contribution is 6.00. The second-order valence-corrected chi connectivity index (χ2v) is 6.94. The van der Waals surface area contributed by atoms with Crippen LogP contribution < -0.4 is 24.4 Å². The Kier molecular flexibility index (Phi) is 4.81. The second kappa shape index (κ2) is 7.42. The Labute approximate surface area is 163 Å². The number of hydrogen-bond acceptors (Lipinski definition) is 5. The largest absolute Gasteiger partial charge is 0.479 e. The zero-order valence-corrected chi connectivity index (χ0v) is 15.9. The number of aryl methyl sites for hydroxylation is 1. The van der Waals surface area contributed by atoms with Crippen LogP contribution in [0.4, 0.5) is 5.69 Å². The van der Waals surface area contributed by atoms with Gasteiger partial charge < -0.3 is 24.4 Å². The summed E-state index contributed by atoms with van der Waals surface area (Å²) in [4.78, 5) is 26.5. The molecule has 2 aliphatic heterocycles. The van der Waals surface area contributed by atoms with Gasteiger partial charge in [0.05, 0.1) is 5.69 Å². The standard InChI is InChI=1S/C21H22N2O5/c1-13-3-5-17-16(9-13)23(21(25)14(2)28-17)8-7-20(24)22-11-15-4-6-18-19(10-15)27-12-26-18/h3-6,9-10,14H,7-8,11-12H2,1-2H3,(H,22,24)/t14-/m1/s1. The molecule has 2 heterocycles. The van der Waals surface area contributed by atoms with Gasteiger partial charge in [0, 0.05) is 19.5 Å². The first-order valence-electron chi connectivity index (χ1n) is 9.25. The summed E-state index contributed by atoms with van der Waals surface area (Å²) in [6.07, 6.45) is -0.358. The number of ether oxygens (including phenoxy) is 3. The van der Waals surface area contributed by atoms with Gasteiger partial charge in [0.25, 0.3) is 5.91 Å². The van der Waals surface area contributed by atoms with Gasteiger partial charge in [0.1, 0.15) is 5.75 Å². The topological polar surface area (TPSA) is 77.1 Å². The van der Waals surface area contributed by atoms with Crippen LogP contribution >= 0.6 is 0 Å². The lowest BCUT2D eigenvalue weighted by molar-refractivity contribution is -0.125. The lowest BCUT2D eigenvalue weighted by atomic mass is 10.1. The monoisotopic (exact) mass is 382 g/mol. The fourth-order valence-electron chi connectivity index (χ4n) is 3.30. The van der Waals surface area contributed by atoms with Crippen LogP contribution in [0.3, 0.4) is 0 Å². The fourth-order valence-corrected chi connectivity index (χ4v) is 3.30. The van der Waals surface area contributed by atoms with Crippen molar-refractivity contribution < 1.29 is 23.8 Å². The molecule has 0 saturated heterocycles. The van der Waals surface area contributed by atoms with Crippen LogP contribution in [0.2, 0.25) is 0 Å². The van der Waals surface area contributed by atoms with Crippen LogP contribution in [0.1, 0.15) is 24.5 Å². The molecular weight excluding hydrogens is 360 g/mol. The Morgan fingerprint density at radius 3 is 2.79 bits per heavy atom. The van der Waals surface area contributed by atoms with E-state index in [1.54, 1.807) is 11.8 Å². The van der Waals surface area contributed by atoms with Crippen molar-refractivity contribution in [2.24, 2.45) is 0 Å². The van der Waals surface area contributed by atoms with Gasteiger partial charge in [-0.15, -0.1) is 0 Å². The van der Waals surface area contributed by atoms with E-state index in [9.17, 15) is 9.59 Å². The highest BCUT2D eigenvalue weighted by Crippen LogP contribution is 2.35. The number of carbonyl (C=O) groups excluding carboxylic acids is 2. The summed E-state index contributed by atoms with van der Waals surface area (Å²) in [6.45, 7) is 4.59. The third kappa shape index (κ3) is 3.60. The summed E-state index contributed by atoms with van der Waals surface area (Å²) in [5.41, 5.74) is 2.67. The highest BCUT2D eigenvalue weighted by Gasteiger charge is 2.31. The molecule has 0 spiro atoms. The minimum absolute atomic E-state index is 0.126. The van der Waals surface area contributed by atoms with Crippen LogP contribution in [-0.2, 0) is 16.1 Å². The maximum absolute atomic E-state index is 12.5. The smallest absolute Gasteiger partial charge is 0.267 e. The van der Waals surface area contributed by atoms with Gasteiger partial charge in [-0.25, -0.2) is 0 Å². The summed E-state index contributed by atoms with van der Waals surface area (Å²) in [7, 11) is 0. The number of carbonyl (C=O) groups is 2. The number of nitrogens with one attached hydrogen (secondary N) is 1. The third-order valence-corrected chi connectivity index (χ3v) is 4.81. The zero-order chi connectivity index (χ0) is 19.7. The number of amides is 2. The van der Waals surface area contributed by atoms with Gasteiger partial charge in [0.2, 0.25) is 12.7 Å². The average Bonchev–Trinajstić information content (AvgIpc) is 3.15. The first kappa shape index (κ1) is 18.2. The average molecular weight is 382 g/mol. The van der Waals surface area contributed by atoms with Gasteiger partial charge in [0.15, 0.2) is 17.6 Å². The molecule has 4 rings (SSSR count). The summed E-state index contributed by atoms with van der Waals surface area (Å²) >= 11 is 0. The van der Waals surface area contributed by atoms with Crippen molar-refractivity contribution in [3.05, 3.63) is 47.5 Å². The Hall–Kier alpha value is -3.22. The molecular formula is C21H22N2O5. The van der Waals surface area contributed by atoms with Crippen LogP contribution in [0, 0.1) is 6.92 Å². The van der Waals surface area contributed by atoms with Crippen molar-refractivity contribution in [3.8, 4) is 17.2 Å². The van der Waals surface area contributed by atoms with Crippen LogP contribution in [0.15, 0.2) is 36.4 Å². The molecule has 0 aromatic heterocycles. The Morgan fingerprint density at radius 1 is 1.14 bits per heavy atom. The molecule has 1 N–H and O–H groups in total. The van der Waals surface area contributed by atoms with Crippen molar-refractivity contribution in [3.63, 3.8) is 0 Å². The molecule has 0 aliphatic carbocycles. The minimum atomic E-state index is -0.563. The number of hydrogen-bond donors (Lipinski definition) is 1. The van der Waals surface area contributed by atoms with E-state index in [1.165, 1.54) is 0 Å². The first-order chi connectivity index (χ1) is 13.5. The number of nitrogens with zero attached hydrogens (tertiary/aromatic N) is 1. The van der Waals surface area contributed by atoms with E-state index in [1.807, 2.05) is 43.3 Å². The zero-order valence-electron chi connectivity index (χ0n) is 15.9. The molecule has 0 saturated carbocycles. The predicted molar refractivity (Wildman–Crippen MR) is 103 cm³/mol. The van der Waals surface area contributed by atoms with Crippen molar-refractivity contribution in [1.29, 1.82) is 0 Å². The summed E-state index contributed by atoms with van der Waals surface area (Å²) in [6, 6.07) is 11.3. The van der Waals surface area contributed by atoms with Gasteiger partial charge in [-0.1, -0.05) is 12.1 Å². The van der Waals surface area contributed by atoms with Crippen molar-refractivity contribution in [1.82, 2.24) is 5.32 Å². The van der Waals surface area contributed by atoms with Gasteiger partial charge >= 0.3 is 0 Å². The van der Waals surface area contributed by atoms with Gasteiger partial charge in [-0.2, -0.15) is 0 Å². The summed E-state index contributed by atoms with van der Waals surface area (Å²) in [5.74, 6) is 1.80. The van der Waals surface area contributed by atoms with Crippen LogP contribution in [0.25, 0.3) is 0 Å². The highest BCUT2D eigenvalue weighted by atomic mass is 16.7. The molecule has 0 fully saturated rings. The number of anilines is 1. The Bertz CT molecular complexity index is 927. The quantitative estimate of drug-likeness (QED) is 0.860. The SMILES string of the molecule is Cc1ccc2c(c1)N(CCC(=O)NCc1ccc3c(c1)OCO3)C(=O)[C@@H](C)O2. The first-order valence-corrected chi connectivity index (χ1v) is 9.25. The molecule has 0 bridgehead atoms. The fraction of sp³-hybridized carbons (Fsp3) is 0.333. The third-order valence-electron chi connectivity index (χ3n) is 4.81. The molecule has 7 heteroatoms.